The van der Waals surface area contributed by atoms with Gasteiger partial charge in [0.2, 0.25) is 0 Å². The maximum atomic E-state index is 11.6. The van der Waals surface area contributed by atoms with Crippen LogP contribution in [0.15, 0.2) is 48.6 Å². The van der Waals surface area contributed by atoms with Gasteiger partial charge in [-0.1, -0.05) is 100 Å². The first kappa shape index (κ1) is 44.1. The lowest BCUT2D eigenvalue weighted by Crippen LogP contribution is -2.60. The van der Waals surface area contributed by atoms with Gasteiger partial charge in [-0.2, -0.15) is 8.42 Å². The molecule has 0 amide bonds. The highest BCUT2D eigenvalue weighted by Crippen LogP contribution is 2.25. The Labute approximate surface area is 287 Å². The van der Waals surface area contributed by atoms with Crippen LogP contribution in [0.3, 0.4) is 0 Å². The molecule has 1 aliphatic rings. The molecule has 6 atom stereocenters. The van der Waals surface area contributed by atoms with Gasteiger partial charge in [-0.05, 0) is 44.9 Å². The first-order chi connectivity index (χ1) is 23.1. The van der Waals surface area contributed by atoms with E-state index in [1.165, 1.54) is 45.4 Å². The average Bonchev–Trinajstić information content (AvgIpc) is 3.03. The van der Waals surface area contributed by atoms with Crippen LogP contribution in [0.25, 0.3) is 0 Å². The van der Waals surface area contributed by atoms with Crippen molar-refractivity contribution < 1.29 is 56.2 Å². The van der Waals surface area contributed by atoms with Gasteiger partial charge in [0.25, 0.3) is 0 Å². The zero-order chi connectivity index (χ0) is 35.5. The Balaban J connectivity index is 2.12. The molecule has 0 aromatic heterocycles. The summed E-state index contributed by atoms with van der Waals surface area (Å²) >= 11 is 0. The van der Waals surface area contributed by atoms with Gasteiger partial charge in [0.15, 0.2) is 6.29 Å². The number of esters is 1. The van der Waals surface area contributed by atoms with Crippen molar-refractivity contribution >= 4 is 16.4 Å². The van der Waals surface area contributed by atoms with E-state index in [0.29, 0.717) is 6.61 Å². The molecule has 4 N–H and O–H groups in total. The maximum Gasteiger partial charge on any atom is 0.397 e. The van der Waals surface area contributed by atoms with Crippen molar-refractivity contribution in [3.05, 3.63) is 48.6 Å². The van der Waals surface area contributed by atoms with Crippen LogP contribution in [0, 0.1) is 0 Å². The van der Waals surface area contributed by atoms with Gasteiger partial charge < -0.3 is 34.3 Å². The molecule has 1 fully saturated rings. The van der Waals surface area contributed by atoms with Crippen LogP contribution in [0.4, 0.5) is 0 Å². The summed E-state index contributed by atoms with van der Waals surface area (Å²) < 4.78 is 57.3. The Bertz CT molecular complexity index is 1040. The van der Waals surface area contributed by atoms with E-state index in [0.717, 1.165) is 51.4 Å². The van der Waals surface area contributed by atoms with Crippen LogP contribution < -0.4 is 0 Å². The first-order valence-corrected chi connectivity index (χ1v) is 18.7. The van der Waals surface area contributed by atoms with E-state index in [1.807, 2.05) is 0 Å². The van der Waals surface area contributed by atoms with Crippen molar-refractivity contribution in [2.75, 3.05) is 26.4 Å². The fourth-order valence-corrected chi connectivity index (χ4v) is 5.52. The molecule has 6 unspecified atom stereocenters. The summed E-state index contributed by atoms with van der Waals surface area (Å²) in [4.78, 5) is 11.6. The van der Waals surface area contributed by atoms with Crippen molar-refractivity contribution in [3.8, 4) is 0 Å². The second-order valence-corrected chi connectivity index (χ2v) is 12.9. The summed E-state index contributed by atoms with van der Waals surface area (Å²) in [5.41, 5.74) is 0. The molecule has 13 heteroatoms. The number of carbonyl (C=O) groups is 1. The van der Waals surface area contributed by atoms with Crippen molar-refractivity contribution in [1.82, 2.24) is 0 Å². The Morgan fingerprint density at radius 1 is 0.792 bits per heavy atom. The molecule has 1 aliphatic heterocycles. The number of unbranched alkanes of at least 4 members (excludes halogenated alkanes) is 9. The molecule has 48 heavy (non-hydrogen) atoms. The molecular weight excluding hydrogens is 644 g/mol. The van der Waals surface area contributed by atoms with Crippen molar-refractivity contribution in [1.29, 1.82) is 0 Å². The fraction of sp³-hybridized carbons (Fsp3) is 0.743. The lowest BCUT2D eigenvalue weighted by molar-refractivity contribution is -0.301. The van der Waals surface area contributed by atoms with E-state index in [2.05, 4.69) is 59.7 Å². The fourth-order valence-electron chi connectivity index (χ4n) is 5.01. The van der Waals surface area contributed by atoms with Gasteiger partial charge in [0, 0.05) is 13.5 Å². The van der Waals surface area contributed by atoms with Crippen molar-refractivity contribution in [2.45, 2.75) is 141 Å². The molecule has 0 aromatic rings. The molecule has 0 bridgehead atoms. The third kappa shape index (κ3) is 22.6. The molecule has 0 saturated carbocycles. The number of allylic oxidation sites excluding steroid dienone is 8. The summed E-state index contributed by atoms with van der Waals surface area (Å²) in [5.74, 6) is -0.580. The molecule has 0 aliphatic carbocycles. The smallest absolute Gasteiger partial charge is 0.397 e. The predicted octanol–water partition coefficient (Wildman–Crippen LogP) is 5.28. The van der Waals surface area contributed by atoms with Crippen LogP contribution in [0.2, 0.25) is 0 Å². The molecule has 0 spiro atoms. The number of carbonyl (C=O) groups excluding carboxylic acids is 1. The second-order valence-electron chi connectivity index (χ2n) is 11.8. The first-order valence-electron chi connectivity index (χ1n) is 17.3. The molecule has 1 saturated heterocycles. The standard InChI is InChI=1S/C35H60O12S/c1-3-4-5-6-7-8-9-10-11-12-13-14-15-16-17-18-19-20-21-22-23-24-25-43-27-30(45-29(2)37)28-44-35-33(39)34(47-48(40,41)42)32(38)31(26-36)46-35/h4-5,7-8,10-11,13-14,30-36,38-39H,3,6,9,12,15-28H2,1-2H3,(H,40,41,42)/b5-4-,8-7-,11-10-,14-13-. The van der Waals surface area contributed by atoms with Gasteiger partial charge in [-0.15, -0.1) is 0 Å². The molecule has 12 nitrogen and oxygen atoms in total. The van der Waals surface area contributed by atoms with Gasteiger partial charge in [-0.3, -0.25) is 9.35 Å². The minimum atomic E-state index is -5.04. The topological polar surface area (TPSA) is 178 Å². The number of aliphatic hydroxyl groups is 3. The lowest BCUT2D eigenvalue weighted by atomic mass is 9.99. The highest BCUT2D eigenvalue weighted by Gasteiger charge is 2.48. The van der Waals surface area contributed by atoms with Crippen LogP contribution in [0.5, 0.6) is 0 Å². The molecule has 1 rings (SSSR count). The number of ether oxygens (including phenoxy) is 4. The van der Waals surface area contributed by atoms with Crippen molar-refractivity contribution in [3.63, 3.8) is 0 Å². The zero-order valence-corrected chi connectivity index (χ0v) is 29.6. The van der Waals surface area contributed by atoms with E-state index >= 15 is 0 Å². The van der Waals surface area contributed by atoms with Crippen LogP contribution in [0.1, 0.15) is 104 Å². The number of hydrogen-bond donors (Lipinski definition) is 4. The van der Waals surface area contributed by atoms with E-state index in [4.69, 9.17) is 23.5 Å². The zero-order valence-electron chi connectivity index (χ0n) is 28.8. The summed E-state index contributed by atoms with van der Waals surface area (Å²) in [7, 11) is -5.04. The van der Waals surface area contributed by atoms with E-state index in [9.17, 15) is 28.5 Å². The SMILES string of the molecule is CC/C=C\C/C=C\C/C=C\C/C=C\CCCCCCCCCCCOCC(COC1OC(CO)C(O)C(OS(=O)(=O)O)C1O)OC(C)=O. The number of hydrogen-bond acceptors (Lipinski definition) is 11. The van der Waals surface area contributed by atoms with Gasteiger partial charge in [-0.25, -0.2) is 4.18 Å². The van der Waals surface area contributed by atoms with Crippen LogP contribution in [-0.2, 0) is 38.3 Å². The molecule has 0 aromatic carbocycles. The highest BCUT2D eigenvalue weighted by atomic mass is 32.3. The van der Waals surface area contributed by atoms with Crippen LogP contribution >= 0.6 is 0 Å². The molecular formula is C35H60O12S. The minimum Gasteiger partial charge on any atom is -0.458 e. The Kier molecular flexibility index (Phi) is 25.6. The summed E-state index contributed by atoms with van der Waals surface area (Å²) in [6.07, 6.45) is 24.1. The summed E-state index contributed by atoms with van der Waals surface area (Å²) in [5, 5.41) is 30.0. The number of rotatable bonds is 28. The second kappa shape index (κ2) is 27.8. The van der Waals surface area contributed by atoms with E-state index in [1.54, 1.807) is 0 Å². The number of aliphatic hydroxyl groups excluding tert-OH is 3. The Morgan fingerprint density at radius 2 is 1.33 bits per heavy atom. The summed E-state index contributed by atoms with van der Waals surface area (Å²) in [6, 6.07) is 0. The van der Waals surface area contributed by atoms with Gasteiger partial charge in [0.1, 0.15) is 30.5 Å². The monoisotopic (exact) mass is 704 g/mol. The lowest BCUT2D eigenvalue weighted by Gasteiger charge is -2.41. The summed E-state index contributed by atoms with van der Waals surface area (Å²) in [6.45, 7) is 2.80. The molecule has 278 valence electrons. The normalized spacial score (nSPS) is 22.8. The van der Waals surface area contributed by atoms with E-state index in [-0.39, 0.29) is 13.2 Å². The predicted molar refractivity (Wildman–Crippen MR) is 183 cm³/mol. The Hall–Kier alpha value is -1.94. The molecule has 1 heterocycles. The van der Waals surface area contributed by atoms with Gasteiger partial charge in [0.05, 0.1) is 19.8 Å². The van der Waals surface area contributed by atoms with E-state index < -0.39 is 59.8 Å². The average molecular weight is 705 g/mol. The molecule has 0 radical (unpaired) electrons. The minimum absolute atomic E-state index is 0.0142. The van der Waals surface area contributed by atoms with Crippen LogP contribution in [-0.4, -0.2) is 97.5 Å². The quantitative estimate of drug-likeness (QED) is 0.0359. The van der Waals surface area contributed by atoms with Crippen molar-refractivity contribution in [2.24, 2.45) is 0 Å². The third-order valence-electron chi connectivity index (χ3n) is 7.52. The third-order valence-corrected chi connectivity index (χ3v) is 7.98. The van der Waals surface area contributed by atoms with Gasteiger partial charge >= 0.3 is 16.4 Å². The highest BCUT2D eigenvalue weighted by molar-refractivity contribution is 7.80. The largest absolute Gasteiger partial charge is 0.458 e. The Morgan fingerprint density at radius 3 is 1.88 bits per heavy atom. The maximum absolute atomic E-state index is 11.6.